The molecule has 11 heteroatoms. The maximum absolute atomic E-state index is 11.1. The Labute approximate surface area is 215 Å². The summed E-state index contributed by atoms with van der Waals surface area (Å²) >= 11 is 0. The topological polar surface area (TPSA) is 148 Å². The lowest BCUT2D eigenvalue weighted by molar-refractivity contribution is 0.243. The summed E-state index contributed by atoms with van der Waals surface area (Å²) < 4.78 is 31.1. The molecule has 10 nitrogen and oxygen atoms in total. The number of benzene rings is 4. The molecule has 0 radical (unpaired) electrons. The molecule has 0 amide bonds. The largest absolute Gasteiger partial charge is 0.506 e. The van der Waals surface area contributed by atoms with Gasteiger partial charge in [-0.3, -0.25) is 4.55 Å². The number of phenols is 1. The zero-order valence-electron chi connectivity index (χ0n) is 20.3. The van der Waals surface area contributed by atoms with Crippen molar-refractivity contribution in [3.63, 3.8) is 0 Å². The van der Waals surface area contributed by atoms with Crippen LogP contribution >= 0.6 is 0 Å². The lowest BCUT2D eigenvalue weighted by Crippen LogP contribution is -2.15. The molecule has 37 heavy (non-hydrogen) atoms. The summed E-state index contributed by atoms with van der Waals surface area (Å²) in [5, 5.41) is 36.6. The van der Waals surface area contributed by atoms with E-state index in [0.29, 0.717) is 22.7 Å². The van der Waals surface area contributed by atoms with Gasteiger partial charge < -0.3 is 15.1 Å². The van der Waals surface area contributed by atoms with Gasteiger partial charge in [0.25, 0.3) is 10.1 Å². The van der Waals surface area contributed by atoms with E-state index in [1.54, 1.807) is 30.3 Å². The van der Waals surface area contributed by atoms with E-state index in [9.17, 15) is 13.5 Å². The Morgan fingerprint density at radius 3 is 1.73 bits per heavy atom. The van der Waals surface area contributed by atoms with Crippen LogP contribution in [0.15, 0.2) is 110 Å². The number of rotatable bonds is 7. The first-order valence-corrected chi connectivity index (χ1v) is 12.6. The number of phenolic OH excluding ortho intramolecular Hbond substituents is 1. The van der Waals surface area contributed by atoms with E-state index in [-0.39, 0.29) is 17.3 Å². The van der Waals surface area contributed by atoms with Crippen molar-refractivity contribution in [1.29, 1.82) is 0 Å². The van der Waals surface area contributed by atoms with E-state index < -0.39 is 10.1 Å². The Kier molecular flexibility index (Phi) is 9.52. The second-order valence-corrected chi connectivity index (χ2v) is 9.49. The van der Waals surface area contributed by atoms with Gasteiger partial charge >= 0.3 is 0 Å². The van der Waals surface area contributed by atoms with Crippen LogP contribution in [0.5, 0.6) is 5.75 Å². The maximum atomic E-state index is 11.1. The lowest BCUT2D eigenvalue weighted by atomic mass is 10.1. The van der Waals surface area contributed by atoms with Crippen LogP contribution in [0.4, 0.5) is 22.7 Å². The minimum Gasteiger partial charge on any atom is -0.506 e. The van der Waals surface area contributed by atoms with Crippen molar-refractivity contribution in [3.05, 3.63) is 84.9 Å². The van der Waals surface area contributed by atoms with E-state index >= 15 is 0 Å². The van der Waals surface area contributed by atoms with E-state index in [2.05, 4.69) is 20.5 Å². The summed E-state index contributed by atoms with van der Waals surface area (Å²) in [4.78, 5) is 1.72. The molecule has 4 aromatic rings. The van der Waals surface area contributed by atoms with Crippen molar-refractivity contribution in [2.75, 3.05) is 27.2 Å². The number of hydrogen-bond acceptors (Lipinski definition) is 9. The summed E-state index contributed by atoms with van der Waals surface area (Å²) in [5.74, 6) is 0.0490. The van der Waals surface area contributed by atoms with Crippen LogP contribution in [0, 0.1) is 0 Å². The molecule has 192 valence electrons. The molecule has 0 atom stereocenters. The molecule has 0 spiro atoms. The standard InChI is InChI=1S/C22H16N4O4S.C4H11NO/c27-21-14-5-15-3-1-2-4-20(15)22(21)26-25-17-8-6-16(7-9-17)23-24-18-10-12-19(13-11-18)31(28,29)30;1-5(2)3-4-6/h1-14,27H,(H,28,29,30);6H,3-4H2,1-2H3. The molecule has 0 saturated carbocycles. The van der Waals surface area contributed by atoms with Crippen molar-refractivity contribution in [3.8, 4) is 5.75 Å². The first-order chi connectivity index (χ1) is 17.7. The Bertz CT molecular complexity index is 1490. The Balaban J connectivity index is 0.000000568. The predicted molar refractivity (Wildman–Crippen MR) is 142 cm³/mol. The highest BCUT2D eigenvalue weighted by atomic mass is 32.2. The van der Waals surface area contributed by atoms with Crippen LogP contribution in [0.25, 0.3) is 10.8 Å². The van der Waals surface area contributed by atoms with Crippen LogP contribution in [-0.2, 0) is 10.1 Å². The smallest absolute Gasteiger partial charge is 0.294 e. The van der Waals surface area contributed by atoms with Gasteiger partial charge in [-0.2, -0.15) is 23.8 Å². The van der Waals surface area contributed by atoms with Crippen LogP contribution < -0.4 is 0 Å². The number of likely N-dealkylation sites (N-methyl/N-ethyl adjacent to an activating group) is 1. The first kappa shape index (κ1) is 27.6. The monoisotopic (exact) mass is 521 g/mol. The van der Waals surface area contributed by atoms with Crippen molar-refractivity contribution in [2.45, 2.75) is 4.90 Å². The number of nitrogens with zero attached hydrogens (tertiary/aromatic N) is 5. The zero-order chi connectivity index (χ0) is 26.8. The molecular formula is C26H27N5O5S. The van der Waals surface area contributed by atoms with Crippen molar-refractivity contribution in [2.24, 2.45) is 20.5 Å². The third-order valence-corrected chi connectivity index (χ3v) is 5.83. The van der Waals surface area contributed by atoms with Crippen LogP contribution in [0.3, 0.4) is 0 Å². The number of azo groups is 2. The summed E-state index contributed by atoms with van der Waals surface area (Å²) in [5.41, 5.74) is 1.97. The Hall–Kier alpha value is -4.03. The second kappa shape index (κ2) is 12.8. The van der Waals surface area contributed by atoms with E-state index in [1.165, 1.54) is 24.3 Å². The number of hydrogen-bond donors (Lipinski definition) is 3. The molecule has 3 N–H and O–H groups in total. The molecule has 0 unspecified atom stereocenters. The minimum absolute atomic E-state index is 0.0490. The fourth-order valence-electron chi connectivity index (χ4n) is 3.04. The third-order valence-electron chi connectivity index (χ3n) is 4.96. The van der Waals surface area contributed by atoms with Gasteiger partial charge in [-0.15, -0.1) is 5.11 Å². The first-order valence-electron chi connectivity index (χ1n) is 11.1. The van der Waals surface area contributed by atoms with Gasteiger partial charge in [0.1, 0.15) is 11.4 Å². The molecule has 0 aliphatic heterocycles. The fourth-order valence-corrected chi connectivity index (χ4v) is 3.52. The SMILES string of the molecule is CN(C)CCO.O=S(=O)(O)c1ccc(N=Nc2ccc(N=Nc3c(O)ccc4ccccc34)cc2)cc1. The molecule has 0 fully saturated rings. The summed E-state index contributed by atoms with van der Waals surface area (Å²) in [6, 6.07) is 23.2. The van der Waals surface area contributed by atoms with E-state index in [0.717, 1.165) is 17.3 Å². The normalized spacial score (nSPS) is 11.8. The van der Waals surface area contributed by atoms with Gasteiger partial charge in [-0.1, -0.05) is 30.3 Å². The summed E-state index contributed by atoms with van der Waals surface area (Å²) in [6.07, 6.45) is 0. The average Bonchev–Trinajstić information content (AvgIpc) is 2.87. The maximum Gasteiger partial charge on any atom is 0.294 e. The fraction of sp³-hybridized carbons (Fsp3) is 0.154. The molecule has 0 saturated heterocycles. The van der Waals surface area contributed by atoms with Gasteiger partial charge in [-0.25, -0.2) is 0 Å². The quantitative estimate of drug-likeness (QED) is 0.196. The molecular weight excluding hydrogens is 494 g/mol. The highest BCUT2D eigenvalue weighted by Crippen LogP contribution is 2.36. The highest BCUT2D eigenvalue weighted by Gasteiger charge is 2.08. The number of fused-ring (bicyclic) bond motifs is 1. The Morgan fingerprint density at radius 2 is 1.24 bits per heavy atom. The molecule has 0 aliphatic carbocycles. The number of aromatic hydroxyl groups is 1. The number of aliphatic hydroxyl groups excluding tert-OH is 1. The van der Waals surface area contributed by atoms with Gasteiger partial charge in [0.05, 0.1) is 28.6 Å². The predicted octanol–water partition coefficient (Wildman–Crippen LogP) is 6.16. The Morgan fingerprint density at radius 1 is 0.730 bits per heavy atom. The second-order valence-electron chi connectivity index (χ2n) is 8.07. The van der Waals surface area contributed by atoms with Crippen molar-refractivity contribution in [1.82, 2.24) is 4.90 Å². The molecule has 0 aliphatic rings. The molecule has 0 bridgehead atoms. The third kappa shape index (κ3) is 8.26. The molecule has 0 heterocycles. The van der Waals surface area contributed by atoms with Crippen molar-refractivity contribution < 1.29 is 23.2 Å². The van der Waals surface area contributed by atoms with Gasteiger partial charge in [0.15, 0.2) is 0 Å². The summed E-state index contributed by atoms with van der Waals surface area (Å²) in [6.45, 7) is 1.02. The van der Waals surface area contributed by atoms with E-state index in [4.69, 9.17) is 9.66 Å². The molecule has 4 aromatic carbocycles. The van der Waals surface area contributed by atoms with Crippen LogP contribution in [0.1, 0.15) is 0 Å². The molecule has 0 aromatic heterocycles. The van der Waals surface area contributed by atoms with Gasteiger partial charge in [0, 0.05) is 11.9 Å². The lowest BCUT2D eigenvalue weighted by Gasteiger charge is -2.03. The minimum atomic E-state index is -4.24. The van der Waals surface area contributed by atoms with Gasteiger partial charge in [-0.05, 0) is 74.1 Å². The van der Waals surface area contributed by atoms with Crippen LogP contribution in [-0.4, -0.2) is 55.3 Å². The van der Waals surface area contributed by atoms with Crippen molar-refractivity contribution >= 4 is 43.6 Å². The highest BCUT2D eigenvalue weighted by molar-refractivity contribution is 7.85. The average molecular weight is 522 g/mol. The van der Waals surface area contributed by atoms with Gasteiger partial charge in [0.2, 0.25) is 0 Å². The summed E-state index contributed by atoms with van der Waals surface area (Å²) in [7, 11) is -0.386. The zero-order valence-corrected chi connectivity index (χ0v) is 21.1. The molecule has 4 rings (SSSR count). The number of aliphatic hydroxyl groups is 1. The van der Waals surface area contributed by atoms with E-state index in [1.807, 2.05) is 49.3 Å². The van der Waals surface area contributed by atoms with Crippen LogP contribution in [0.2, 0.25) is 0 Å².